The Bertz CT molecular complexity index is 1290. The van der Waals surface area contributed by atoms with Gasteiger partial charge in [0.2, 0.25) is 0 Å². The van der Waals surface area contributed by atoms with Gasteiger partial charge in [-0.3, -0.25) is 9.59 Å². The molecular formula is C26H27N3O2. The standard InChI is InChI=1S/C26H27N3O2/c1-3-5-10-17-29-25(30)23-14-9-8-13-22(23)24(27-29)26(31)28(4-2)21-16-15-19-11-6-7-12-20(19)18-21/h6-9,11-16,18H,3-5,10,17H2,1-2H3. The summed E-state index contributed by atoms with van der Waals surface area (Å²) in [6.45, 7) is 5.09. The molecule has 0 N–H and O–H groups in total. The minimum absolute atomic E-state index is 0.142. The summed E-state index contributed by atoms with van der Waals surface area (Å²) in [5.74, 6) is -0.196. The summed E-state index contributed by atoms with van der Waals surface area (Å²) in [4.78, 5) is 28.3. The van der Waals surface area contributed by atoms with Crippen molar-refractivity contribution < 1.29 is 4.79 Å². The van der Waals surface area contributed by atoms with E-state index in [4.69, 9.17) is 0 Å². The fraction of sp³-hybridized carbons (Fsp3) is 0.269. The largest absolute Gasteiger partial charge is 0.307 e. The van der Waals surface area contributed by atoms with Gasteiger partial charge in [-0.05, 0) is 42.3 Å². The molecule has 0 atom stereocenters. The number of aryl methyl sites for hydroxylation is 1. The third kappa shape index (κ3) is 4.08. The highest BCUT2D eigenvalue weighted by molar-refractivity contribution is 6.12. The lowest BCUT2D eigenvalue weighted by atomic mass is 10.1. The van der Waals surface area contributed by atoms with E-state index in [1.807, 2.05) is 61.5 Å². The number of amides is 1. The first-order valence-corrected chi connectivity index (χ1v) is 10.9. The van der Waals surface area contributed by atoms with Crippen molar-refractivity contribution in [2.24, 2.45) is 0 Å². The van der Waals surface area contributed by atoms with Crippen LogP contribution >= 0.6 is 0 Å². The van der Waals surface area contributed by atoms with E-state index in [0.717, 1.165) is 35.7 Å². The number of hydrogen-bond acceptors (Lipinski definition) is 3. The predicted molar refractivity (Wildman–Crippen MR) is 127 cm³/mol. The quantitative estimate of drug-likeness (QED) is 0.381. The average Bonchev–Trinajstić information content (AvgIpc) is 2.81. The summed E-state index contributed by atoms with van der Waals surface area (Å²) >= 11 is 0. The number of nitrogens with zero attached hydrogens (tertiary/aromatic N) is 3. The van der Waals surface area contributed by atoms with Crippen LogP contribution in [0.25, 0.3) is 21.5 Å². The Kier molecular flexibility index (Phi) is 6.12. The SMILES string of the molecule is CCCCCn1nc(C(=O)N(CC)c2ccc3ccccc3c2)c2ccccc2c1=O. The molecule has 3 aromatic carbocycles. The molecule has 0 fully saturated rings. The average molecular weight is 414 g/mol. The summed E-state index contributed by atoms with van der Waals surface area (Å²) in [6, 6.07) is 21.4. The lowest BCUT2D eigenvalue weighted by Crippen LogP contribution is -2.34. The molecule has 0 aliphatic rings. The van der Waals surface area contributed by atoms with E-state index in [9.17, 15) is 9.59 Å². The first-order chi connectivity index (χ1) is 15.1. The molecule has 4 aromatic rings. The van der Waals surface area contributed by atoms with E-state index in [1.54, 1.807) is 11.0 Å². The van der Waals surface area contributed by atoms with E-state index in [2.05, 4.69) is 18.1 Å². The van der Waals surface area contributed by atoms with Crippen LogP contribution in [0.3, 0.4) is 0 Å². The minimum Gasteiger partial charge on any atom is -0.307 e. The Balaban J connectivity index is 1.80. The van der Waals surface area contributed by atoms with Crippen molar-refractivity contribution in [1.82, 2.24) is 9.78 Å². The van der Waals surface area contributed by atoms with Gasteiger partial charge in [0.1, 0.15) is 0 Å². The van der Waals surface area contributed by atoms with E-state index in [1.165, 1.54) is 4.68 Å². The molecule has 4 rings (SSSR count). The molecule has 0 bridgehead atoms. The molecule has 0 saturated carbocycles. The highest BCUT2D eigenvalue weighted by Crippen LogP contribution is 2.24. The van der Waals surface area contributed by atoms with Crippen molar-refractivity contribution in [3.05, 3.63) is 82.8 Å². The maximum Gasteiger partial charge on any atom is 0.279 e. The second-order valence-corrected chi connectivity index (χ2v) is 7.71. The van der Waals surface area contributed by atoms with Crippen molar-refractivity contribution in [1.29, 1.82) is 0 Å². The van der Waals surface area contributed by atoms with Crippen LogP contribution in [-0.2, 0) is 6.54 Å². The highest BCUT2D eigenvalue weighted by Gasteiger charge is 2.22. The van der Waals surface area contributed by atoms with Gasteiger partial charge in [0.25, 0.3) is 11.5 Å². The summed E-state index contributed by atoms with van der Waals surface area (Å²) in [5, 5.41) is 7.88. The number of aromatic nitrogens is 2. The van der Waals surface area contributed by atoms with Gasteiger partial charge in [0, 0.05) is 24.2 Å². The van der Waals surface area contributed by atoms with Gasteiger partial charge in [0.15, 0.2) is 5.69 Å². The fourth-order valence-corrected chi connectivity index (χ4v) is 3.97. The van der Waals surface area contributed by atoms with Gasteiger partial charge >= 0.3 is 0 Å². The number of hydrogen-bond donors (Lipinski definition) is 0. The molecule has 5 heteroatoms. The molecule has 5 nitrogen and oxygen atoms in total. The summed E-state index contributed by atoms with van der Waals surface area (Å²) in [6.07, 6.45) is 2.93. The summed E-state index contributed by atoms with van der Waals surface area (Å²) in [5.41, 5.74) is 1.000. The third-order valence-electron chi connectivity index (χ3n) is 5.65. The zero-order valence-corrected chi connectivity index (χ0v) is 18.0. The van der Waals surface area contributed by atoms with Crippen LogP contribution in [0.15, 0.2) is 71.5 Å². The van der Waals surface area contributed by atoms with E-state index in [0.29, 0.717) is 29.6 Å². The smallest absolute Gasteiger partial charge is 0.279 e. The lowest BCUT2D eigenvalue weighted by molar-refractivity contribution is 0.0983. The number of unbranched alkanes of at least 4 members (excludes halogenated alkanes) is 2. The third-order valence-corrected chi connectivity index (χ3v) is 5.65. The van der Waals surface area contributed by atoms with Crippen LogP contribution in [0, 0.1) is 0 Å². The highest BCUT2D eigenvalue weighted by atomic mass is 16.2. The monoisotopic (exact) mass is 413 g/mol. The maximum atomic E-state index is 13.7. The van der Waals surface area contributed by atoms with Gasteiger partial charge in [-0.25, -0.2) is 4.68 Å². The molecule has 31 heavy (non-hydrogen) atoms. The van der Waals surface area contributed by atoms with Gasteiger partial charge in [-0.1, -0.05) is 68.3 Å². The first kappa shape index (κ1) is 20.8. The number of rotatable bonds is 7. The van der Waals surface area contributed by atoms with E-state index >= 15 is 0 Å². The van der Waals surface area contributed by atoms with Crippen molar-refractivity contribution >= 4 is 33.1 Å². The second kappa shape index (κ2) is 9.13. The topological polar surface area (TPSA) is 55.2 Å². The molecule has 0 aliphatic heterocycles. The van der Waals surface area contributed by atoms with Crippen molar-refractivity contribution in [2.45, 2.75) is 39.7 Å². The fourth-order valence-electron chi connectivity index (χ4n) is 3.97. The van der Waals surface area contributed by atoms with Gasteiger partial charge in [0.05, 0.1) is 5.39 Å². The van der Waals surface area contributed by atoms with Gasteiger partial charge in [-0.15, -0.1) is 0 Å². The molecule has 0 spiro atoms. The van der Waals surface area contributed by atoms with Gasteiger partial charge in [-0.2, -0.15) is 5.10 Å². The summed E-state index contributed by atoms with van der Waals surface area (Å²) in [7, 11) is 0. The maximum absolute atomic E-state index is 13.7. The molecule has 0 aliphatic carbocycles. The Hall–Kier alpha value is -3.47. The van der Waals surface area contributed by atoms with Crippen LogP contribution in [0.5, 0.6) is 0 Å². The Morgan fingerprint density at radius 1 is 0.903 bits per heavy atom. The molecule has 158 valence electrons. The normalized spacial score (nSPS) is 11.2. The molecule has 0 unspecified atom stereocenters. The van der Waals surface area contributed by atoms with Crippen LogP contribution in [0.4, 0.5) is 5.69 Å². The van der Waals surface area contributed by atoms with E-state index in [-0.39, 0.29) is 11.5 Å². The molecule has 1 aromatic heterocycles. The zero-order chi connectivity index (χ0) is 21.8. The number of fused-ring (bicyclic) bond motifs is 2. The van der Waals surface area contributed by atoms with Crippen molar-refractivity contribution in [2.75, 3.05) is 11.4 Å². The van der Waals surface area contributed by atoms with Crippen molar-refractivity contribution in [3.63, 3.8) is 0 Å². The van der Waals surface area contributed by atoms with Crippen LogP contribution in [0.1, 0.15) is 43.6 Å². The molecule has 0 radical (unpaired) electrons. The van der Waals surface area contributed by atoms with Crippen LogP contribution in [0.2, 0.25) is 0 Å². The van der Waals surface area contributed by atoms with Crippen LogP contribution < -0.4 is 10.5 Å². The van der Waals surface area contributed by atoms with E-state index < -0.39 is 0 Å². The summed E-state index contributed by atoms with van der Waals surface area (Å²) < 4.78 is 1.46. The van der Waals surface area contributed by atoms with Gasteiger partial charge < -0.3 is 4.90 Å². The second-order valence-electron chi connectivity index (χ2n) is 7.71. The minimum atomic E-state index is -0.196. The zero-order valence-electron chi connectivity index (χ0n) is 18.0. The van der Waals surface area contributed by atoms with Crippen LogP contribution in [-0.4, -0.2) is 22.2 Å². The van der Waals surface area contributed by atoms with Crippen molar-refractivity contribution in [3.8, 4) is 0 Å². The Morgan fingerprint density at radius 2 is 1.61 bits per heavy atom. The molecular weight excluding hydrogens is 386 g/mol. The predicted octanol–water partition coefficient (Wildman–Crippen LogP) is 5.41. The Labute approximate surface area is 181 Å². The number of anilines is 1. The number of carbonyl (C=O) groups excluding carboxylic acids is 1. The lowest BCUT2D eigenvalue weighted by Gasteiger charge is -2.22. The number of benzene rings is 3. The molecule has 1 amide bonds. The molecule has 0 saturated heterocycles. The molecule has 1 heterocycles. The number of carbonyl (C=O) groups is 1. The first-order valence-electron chi connectivity index (χ1n) is 10.9. The Morgan fingerprint density at radius 3 is 2.35 bits per heavy atom.